The zero-order valence-electron chi connectivity index (χ0n) is 11.5. The number of nitrogens with zero attached hydrogens (tertiary/aromatic N) is 1. The lowest BCUT2D eigenvalue weighted by atomic mass is 10.2. The fourth-order valence-corrected chi connectivity index (χ4v) is 3.47. The third-order valence-corrected chi connectivity index (χ3v) is 4.64. The van der Waals surface area contributed by atoms with Crippen molar-refractivity contribution in [3.63, 3.8) is 0 Å². The second-order valence-electron chi connectivity index (χ2n) is 4.92. The first-order valence-corrected chi connectivity index (χ1v) is 7.89. The molecule has 0 aromatic heterocycles. The van der Waals surface area contributed by atoms with Crippen LogP contribution >= 0.6 is 0 Å². The Morgan fingerprint density at radius 3 is 2.72 bits per heavy atom. The maximum atomic E-state index is 12.2. The summed E-state index contributed by atoms with van der Waals surface area (Å²) in [5.74, 6) is 0. The van der Waals surface area contributed by atoms with E-state index >= 15 is 0 Å². The summed E-state index contributed by atoms with van der Waals surface area (Å²) >= 11 is 0. The van der Waals surface area contributed by atoms with E-state index in [1.807, 2.05) is 13.8 Å². The summed E-state index contributed by atoms with van der Waals surface area (Å²) in [6, 6.07) is 0.155. The fourth-order valence-electron chi connectivity index (χ4n) is 2.03. The van der Waals surface area contributed by atoms with Crippen LogP contribution in [0.25, 0.3) is 0 Å². The standard InChI is InChI=1S/C11H25N3O3S/c1-10(2)13-18(15,16)14(7-8-17-3)9-11-5-4-6-12-11/h10-13H,4-9H2,1-3H3. The molecule has 2 N–H and O–H groups in total. The molecule has 1 aliphatic heterocycles. The third-order valence-electron chi connectivity index (χ3n) is 2.86. The molecule has 7 heteroatoms. The second kappa shape index (κ2) is 7.40. The normalized spacial score (nSPS) is 21.1. The van der Waals surface area contributed by atoms with Gasteiger partial charge in [-0.15, -0.1) is 0 Å². The number of hydrogen-bond acceptors (Lipinski definition) is 4. The fraction of sp³-hybridized carbons (Fsp3) is 1.00. The van der Waals surface area contributed by atoms with Crippen molar-refractivity contribution in [2.45, 2.75) is 38.8 Å². The molecule has 6 nitrogen and oxygen atoms in total. The van der Waals surface area contributed by atoms with Gasteiger partial charge in [0.2, 0.25) is 0 Å². The van der Waals surface area contributed by atoms with Crippen LogP contribution in [-0.4, -0.2) is 58.2 Å². The molecule has 0 aromatic carbocycles. The minimum atomic E-state index is -3.42. The van der Waals surface area contributed by atoms with Gasteiger partial charge in [-0.05, 0) is 33.2 Å². The summed E-state index contributed by atoms with van der Waals surface area (Å²) in [5.41, 5.74) is 0. The topological polar surface area (TPSA) is 70.7 Å². The van der Waals surface area contributed by atoms with Gasteiger partial charge in [0, 0.05) is 32.3 Å². The van der Waals surface area contributed by atoms with Gasteiger partial charge in [-0.1, -0.05) is 0 Å². The molecule has 0 amide bonds. The summed E-state index contributed by atoms with van der Waals surface area (Å²) < 4.78 is 33.4. The van der Waals surface area contributed by atoms with Crippen molar-refractivity contribution in [3.05, 3.63) is 0 Å². The molecule has 1 atom stereocenters. The molecule has 0 saturated carbocycles. The molecule has 0 aliphatic carbocycles. The molecule has 1 fully saturated rings. The largest absolute Gasteiger partial charge is 0.383 e. The summed E-state index contributed by atoms with van der Waals surface area (Å²) in [6.07, 6.45) is 2.14. The number of hydrogen-bond donors (Lipinski definition) is 2. The highest BCUT2D eigenvalue weighted by atomic mass is 32.2. The number of nitrogens with one attached hydrogen (secondary N) is 2. The minimum Gasteiger partial charge on any atom is -0.383 e. The van der Waals surface area contributed by atoms with Crippen LogP contribution in [0.3, 0.4) is 0 Å². The van der Waals surface area contributed by atoms with Gasteiger partial charge in [0.05, 0.1) is 6.61 Å². The van der Waals surface area contributed by atoms with Crippen LogP contribution in [0.5, 0.6) is 0 Å². The molecule has 0 aromatic rings. The Morgan fingerprint density at radius 2 is 2.22 bits per heavy atom. The molecule has 18 heavy (non-hydrogen) atoms. The first-order chi connectivity index (χ1) is 8.45. The zero-order chi connectivity index (χ0) is 13.6. The minimum absolute atomic E-state index is 0.100. The van der Waals surface area contributed by atoms with Gasteiger partial charge in [0.15, 0.2) is 0 Å². The summed E-state index contributed by atoms with van der Waals surface area (Å²) in [7, 11) is -1.84. The average molecular weight is 279 g/mol. The van der Waals surface area contributed by atoms with Crippen molar-refractivity contribution >= 4 is 10.2 Å². The Labute approximate surface area is 110 Å². The van der Waals surface area contributed by atoms with Crippen LogP contribution < -0.4 is 10.0 Å². The van der Waals surface area contributed by atoms with E-state index in [-0.39, 0.29) is 12.1 Å². The van der Waals surface area contributed by atoms with E-state index < -0.39 is 10.2 Å². The highest BCUT2D eigenvalue weighted by Gasteiger charge is 2.26. The Bertz CT molecular complexity index is 326. The van der Waals surface area contributed by atoms with Gasteiger partial charge in [0.1, 0.15) is 0 Å². The van der Waals surface area contributed by atoms with E-state index in [4.69, 9.17) is 4.74 Å². The molecular formula is C11H25N3O3S. The number of rotatable bonds is 8. The smallest absolute Gasteiger partial charge is 0.279 e. The summed E-state index contributed by atoms with van der Waals surface area (Å²) in [6.45, 7) is 5.91. The van der Waals surface area contributed by atoms with E-state index in [0.717, 1.165) is 19.4 Å². The molecule has 0 spiro atoms. The predicted octanol–water partition coefficient (Wildman–Crippen LogP) is -0.0704. The molecule has 1 saturated heterocycles. The molecule has 0 radical (unpaired) electrons. The van der Waals surface area contributed by atoms with E-state index in [0.29, 0.717) is 19.7 Å². The maximum Gasteiger partial charge on any atom is 0.279 e. The van der Waals surface area contributed by atoms with Crippen molar-refractivity contribution in [1.82, 2.24) is 14.3 Å². The quantitative estimate of drug-likeness (QED) is 0.652. The van der Waals surface area contributed by atoms with Crippen LogP contribution in [0.4, 0.5) is 0 Å². The zero-order valence-corrected chi connectivity index (χ0v) is 12.3. The van der Waals surface area contributed by atoms with E-state index in [1.165, 1.54) is 4.31 Å². The van der Waals surface area contributed by atoms with E-state index in [2.05, 4.69) is 10.0 Å². The van der Waals surface area contributed by atoms with Crippen LogP contribution in [0.2, 0.25) is 0 Å². The van der Waals surface area contributed by atoms with Crippen molar-refractivity contribution < 1.29 is 13.2 Å². The van der Waals surface area contributed by atoms with Crippen LogP contribution in [0.15, 0.2) is 0 Å². The SMILES string of the molecule is COCCN(CC1CCCN1)S(=O)(=O)NC(C)C. The van der Waals surface area contributed by atoms with Gasteiger partial charge in [0.25, 0.3) is 10.2 Å². The lowest BCUT2D eigenvalue weighted by Crippen LogP contribution is -2.49. The molecule has 108 valence electrons. The Hall–Kier alpha value is -0.210. The average Bonchev–Trinajstić information content (AvgIpc) is 2.74. The van der Waals surface area contributed by atoms with E-state index in [9.17, 15) is 8.42 Å². The van der Waals surface area contributed by atoms with Gasteiger partial charge >= 0.3 is 0 Å². The third kappa shape index (κ3) is 5.19. The Balaban J connectivity index is 2.63. The van der Waals surface area contributed by atoms with Crippen molar-refractivity contribution in [3.8, 4) is 0 Å². The molecule has 1 unspecified atom stereocenters. The maximum absolute atomic E-state index is 12.2. The molecule has 1 heterocycles. The van der Waals surface area contributed by atoms with Crippen molar-refractivity contribution in [2.75, 3.05) is 33.4 Å². The number of ether oxygens (including phenoxy) is 1. The van der Waals surface area contributed by atoms with Gasteiger partial charge in [-0.25, -0.2) is 0 Å². The van der Waals surface area contributed by atoms with Gasteiger partial charge in [-0.3, -0.25) is 0 Å². The Morgan fingerprint density at radius 1 is 1.50 bits per heavy atom. The monoisotopic (exact) mass is 279 g/mol. The van der Waals surface area contributed by atoms with Crippen molar-refractivity contribution in [2.24, 2.45) is 0 Å². The first-order valence-electron chi connectivity index (χ1n) is 6.45. The molecule has 1 aliphatic rings. The van der Waals surface area contributed by atoms with Crippen LogP contribution in [0.1, 0.15) is 26.7 Å². The first kappa shape index (κ1) is 15.8. The molecule has 0 bridgehead atoms. The second-order valence-corrected chi connectivity index (χ2v) is 6.62. The summed E-state index contributed by atoms with van der Waals surface area (Å²) in [5, 5.41) is 3.31. The highest BCUT2D eigenvalue weighted by molar-refractivity contribution is 7.87. The van der Waals surface area contributed by atoms with Gasteiger partial charge < -0.3 is 10.1 Å². The van der Waals surface area contributed by atoms with Gasteiger partial charge in [-0.2, -0.15) is 17.4 Å². The molecule has 1 rings (SSSR count). The molecular weight excluding hydrogens is 254 g/mol. The summed E-state index contributed by atoms with van der Waals surface area (Å²) in [4.78, 5) is 0. The lowest BCUT2D eigenvalue weighted by Gasteiger charge is -2.26. The predicted molar refractivity (Wildman–Crippen MR) is 71.7 cm³/mol. The van der Waals surface area contributed by atoms with Crippen LogP contribution in [-0.2, 0) is 14.9 Å². The number of methoxy groups -OCH3 is 1. The van der Waals surface area contributed by atoms with E-state index in [1.54, 1.807) is 7.11 Å². The lowest BCUT2D eigenvalue weighted by molar-refractivity contribution is 0.175. The highest BCUT2D eigenvalue weighted by Crippen LogP contribution is 2.09. The van der Waals surface area contributed by atoms with Crippen LogP contribution in [0, 0.1) is 0 Å². The van der Waals surface area contributed by atoms with Crippen molar-refractivity contribution in [1.29, 1.82) is 0 Å². The Kier molecular flexibility index (Phi) is 6.51.